The lowest BCUT2D eigenvalue weighted by molar-refractivity contribution is -0.0135. The van der Waals surface area contributed by atoms with Crippen LogP contribution < -0.4 is 5.32 Å². The molecule has 0 radical (unpaired) electrons. The summed E-state index contributed by atoms with van der Waals surface area (Å²) in [6, 6.07) is 9.86. The molecule has 19 heavy (non-hydrogen) atoms. The van der Waals surface area contributed by atoms with Crippen LogP contribution >= 0.6 is 0 Å². The molecule has 1 heterocycles. The summed E-state index contributed by atoms with van der Waals surface area (Å²) < 4.78 is 5.77. The topological polar surface area (TPSA) is 38.3 Å². The highest BCUT2D eigenvalue weighted by Crippen LogP contribution is 2.32. The van der Waals surface area contributed by atoms with Crippen molar-refractivity contribution in [1.82, 2.24) is 5.32 Å². The Morgan fingerprint density at radius 1 is 1.11 bits per heavy atom. The van der Waals surface area contributed by atoms with E-state index in [1.807, 2.05) is 30.3 Å². The van der Waals surface area contributed by atoms with Gasteiger partial charge in [0.2, 0.25) is 0 Å². The van der Waals surface area contributed by atoms with Gasteiger partial charge in [0.15, 0.2) is 0 Å². The Kier molecular flexibility index (Phi) is 3.83. The number of ether oxygens (including phenoxy) is 1. The molecule has 1 aromatic carbocycles. The van der Waals surface area contributed by atoms with Gasteiger partial charge in [-0.25, -0.2) is 4.79 Å². The normalized spacial score (nSPS) is 30.4. The second-order valence-electron chi connectivity index (χ2n) is 5.61. The number of hydrogen-bond acceptors (Lipinski definition) is 3. The lowest BCUT2D eigenvalue weighted by Crippen LogP contribution is -2.51. The van der Waals surface area contributed by atoms with Crippen LogP contribution in [0.25, 0.3) is 0 Å². The van der Waals surface area contributed by atoms with Crippen molar-refractivity contribution in [3.63, 3.8) is 0 Å². The predicted octanol–water partition coefficient (Wildman–Crippen LogP) is 2.76. The number of carbonyl (C=O) groups excluding carboxylic acids is 1. The molecule has 1 saturated carbocycles. The molecule has 1 aromatic rings. The molecule has 2 aliphatic rings. The molecule has 0 aromatic heterocycles. The first-order valence-corrected chi connectivity index (χ1v) is 7.34. The molecule has 0 bridgehead atoms. The van der Waals surface area contributed by atoms with Crippen molar-refractivity contribution in [2.45, 2.75) is 44.2 Å². The Morgan fingerprint density at radius 2 is 1.89 bits per heavy atom. The molecule has 3 atom stereocenters. The third-order valence-electron chi connectivity index (χ3n) is 4.40. The number of hydrogen-bond donors (Lipinski definition) is 1. The summed E-state index contributed by atoms with van der Waals surface area (Å²) >= 11 is 0. The summed E-state index contributed by atoms with van der Waals surface area (Å²) in [6.07, 6.45) is 6.02. The van der Waals surface area contributed by atoms with Gasteiger partial charge in [-0.3, -0.25) is 0 Å². The lowest BCUT2D eigenvalue weighted by Gasteiger charge is -2.41. The minimum absolute atomic E-state index is 0.0965. The summed E-state index contributed by atoms with van der Waals surface area (Å²) in [5.41, 5.74) is 0.661. The molecule has 1 aliphatic heterocycles. The van der Waals surface area contributed by atoms with Gasteiger partial charge >= 0.3 is 5.97 Å². The molecule has 1 saturated heterocycles. The Morgan fingerprint density at radius 3 is 2.74 bits per heavy atom. The monoisotopic (exact) mass is 259 g/mol. The summed E-state index contributed by atoms with van der Waals surface area (Å²) in [5.74, 6) is 0.340. The lowest BCUT2D eigenvalue weighted by atomic mass is 9.77. The highest BCUT2D eigenvalue weighted by Gasteiger charge is 2.36. The Bertz CT molecular complexity index is 430. The molecule has 1 aliphatic carbocycles. The molecular formula is C16H21NO2. The van der Waals surface area contributed by atoms with Crippen LogP contribution in [0.1, 0.15) is 42.5 Å². The summed E-state index contributed by atoms with van der Waals surface area (Å²) in [6.45, 7) is 0.966. The van der Waals surface area contributed by atoms with E-state index in [9.17, 15) is 4.79 Å². The first-order chi connectivity index (χ1) is 9.34. The van der Waals surface area contributed by atoms with Crippen LogP contribution in [0.3, 0.4) is 0 Å². The maximum atomic E-state index is 12.1. The molecule has 2 fully saturated rings. The second-order valence-corrected chi connectivity index (χ2v) is 5.61. The van der Waals surface area contributed by atoms with Gasteiger partial charge in [-0.2, -0.15) is 0 Å². The first-order valence-electron chi connectivity index (χ1n) is 7.34. The third kappa shape index (κ3) is 2.81. The Balaban J connectivity index is 1.66. The third-order valence-corrected chi connectivity index (χ3v) is 4.40. The van der Waals surface area contributed by atoms with Crippen molar-refractivity contribution in [2.24, 2.45) is 5.92 Å². The van der Waals surface area contributed by atoms with Crippen LogP contribution in [0.5, 0.6) is 0 Å². The highest BCUT2D eigenvalue weighted by molar-refractivity contribution is 5.89. The van der Waals surface area contributed by atoms with Crippen LogP contribution in [0.15, 0.2) is 30.3 Å². The van der Waals surface area contributed by atoms with Crippen LogP contribution in [0.2, 0.25) is 0 Å². The zero-order valence-corrected chi connectivity index (χ0v) is 11.2. The predicted molar refractivity (Wildman–Crippen MR) is 74.0 cm³/mol. The molecule has 0 unspecified atom stereocenters. The van der Waals surface area contributed by atoms with E-state index in [2.05, 4.69) is 5.32 Å². The van der Waals surface area contributed by atoms with E-state index in [1.54, 1.807) is 0 Å². The average Bonchev–Trinajstić information content (AvgIpc) is 2.48. The Hall–Kier alpha value is -1.35. The van der Waals surface area contributed by atoms with Gasteiger partial charge < -0.3 is 10.1 Å². The van der Waals surface area contributed by atoms with E-state index >= 15 is 0 Å². The van der Waals surface area contributed by atoms with E-state index in [-0.39, 0.29) is 12.1 Å². The quantitative estimate of drug-likeness (QED) is 0.830. The number of benzene rings is 1. The number of fused-ring (bicyclic) bond motifs is 1. The minimum atomic E-state index is -0.170. The fraction of sp³-hybridized carbons (Fsp3) is 0.562. The molecule has 3 rings (SSSR count). The molecule has 1 N–H and O–H groups in total. The number of piperidine rings is 1. The van der Waals surface area contributed by atoms with Crippen molar-refractivity contribution in [3.8, 4) is 0 Å². The highest BCUT2D eigenvalue weighted by atomic mass is 16.5. The van der Waals surface area contributed by atoms with Crippen LogP contribution in [-0.2, 0) is 4.74 Å². The molecule has 3 heteroatoms. The minimum Gasteiger partial charge on any atom is -0.458 e. The van der Waals surface area contributed by atoms with Crippen molar-refractivity contribution < 1.29 is 9.53 Å². The SMILES string of the molecule is O=C(O[C@@H]1CCN[C@H]2CCCC[C@H]21)c1ccccc1. The van der Waals surface area contributed by atoms with E-state index in [0.717, 1.165) is 13.0 Å². The van der Waals surface area contributed by atoms with Crippen molar-refractivity contribution in [2.75, 3.05) is 6.54 Å². The van der Waals surface area contributed by atoms with Gasteiger partial charge in [-0.05, 0) is 37.9 Å². The number of esters is 1. The van der Waals surface area contributed by atoms with Crippen LogP contribution in [0.4, 0.5) is 0 Å². The smallest absolute Gasteiger partial charge is 0.338 e. The van der Waals surface area contributed by atoms with E-state index in [4.69, 9.17) is 4.74 Å². The maximum absolute atomic E-state index is 12.1. The van der Waals surface area contributed by atoms with Crippen molar-refractivity contribution in [3.05, 3.63) is 35.9 Å². The van der Waals surface area contributed by atoms with Crippen molar-refractivity contribution in [1.29, 1.82) is 0 Å². The fourth-order valence-electron chi connectivity index (χ4n) is 3.41. The molecule has 3 nitrogen and oxygen atoms in total. The second kappa shape index (κ2) is 5.74. The number of rotatable bonds is 2. The van der Waals surface area contributed by atoms with Gasteiger partial charge in [-0.1, -0.05) is 31.0 Å². The molecule has 0 spiro atoms. The first kappa shape index (κ1) is 12.7. The number of nitrogens with one attached hydrogen (secondary N) is 1. The zero-order valence-electron chi connectivity index (χ0n) is 11.2. The number of carbonyl (C=O) groups is 1. The summed E-state index contributed by atoms with van der Waals surface area (Å²) in [5, 5.41) is 3.57. The largest absolute Gasteiger partial charge is 0.458 e. The Labute approximate surface area is 114 Å². The summed E-state index contributed by atoms with van der Waals surface area (Å²) in [7, 11) is 0. The fourth-order valence-corrected chi connectivity index (χ4v) is 3.41. The van der Waals surface area contributed by atoms with Gasteiger partial charge in [0.05, 0.1) is 5.56 Å². The zero-order chi connectivity index (χ0) is 13.1. The van der Waals surface area contributed by atoms with Crippen LogP contribution in [-0.4, -0.2) is 24.7 Å². The van der Waals surface area contributed by atoms with Gasteiger partial charge in [0.25, 0.3) is 0 Å². The van der Waals surface area contributed by atoms with Gasteiger partial charge in [0, 0.05) is 12.0 Å². The van der Waals surface area contributed by atoms with E-state index < -0.39 is 0 Å². The van der Waals surface area contributed by atoms with Crippen molar-refractivity contribution >= 4 is 5.97 Å². The van der Waals surface area contributed by atoms with Gasteiger partial charge in [0.1, 0.15) is 6.10 Å². The standard InChI is InChI=1S/C16H21NO2/c18-16(12-6-2-1-3-7-12)19-15-10-11-17-14-9-5-4-8-13(14)15/h1-3,6-7,13-15,17H,4-5,8-11H2/t13-,14+,15-/m1/s1. The maximum Gasteiger partial charge on any atom is 0.338 e. The molecule has 0 amide bonds. The summed E-state index contributed by atoms with van der Waals surface area (Å²) in [4.78, 5) is 12.1. The average molecular weight is 259 g/mol. The van der Waals surface area contributed by atoms with E-state index in [1.165, 1.54) is 25.7 Å². The molecule has 102 valence electrons. The van der Waals surface area contributed by atoms with Crippen LogP contribution in [0, 0.1) is 5.92 Å². The molecular weight excluding hydrogens is 238 g/mol. The van der Waals surface area contributed by atoms with E-state index in [0.29, 0.717) is 17.5 Å². The van der Waals surface area contributed by atoms with Gasteiger partial charge in [-0.15, -0.1) is 0 Å².